The normalized spacial score (nSPS) is 13.7. The molecule has 12 heteroatoms. The number of fused-ring (bicyclic) bond motifs is 1. The van der Waals surface area contributed by atoms with E-state index in [1.807, 2.05) is 0 Å². The van der Waals surface area contributed by atoms with E-state index < -0.39 is 33.2 Å². The summed E-state index contributed by atoms with van der Waals surface area (Å²) in [6, 6.07) is 9.27. The lowest BCUT2D eigenvalue weighted by molar-refractivity contribution is -0.118. The van der Waals surface area contributed by atoms with Crippen LogP contribution in [0.25, 0.3) is 0 Å². The van der Waals surface area contributed by atoms with Crippen LogP contribution in [-0.2, 0) is 32.3 Å². The lowest BCUT2D eigenvalue weighted by atomic mass is 9.97. The molecule has 4 rings (SSSR count). The van der Waals surface area contributed by atoms with Gasteiger partial charge < -0.3 is 5.32 Å². The number of pyridine rings is 1. The Morgan fingerprint density at radius 2 is 2.00 bits per heavy atom. The molecule has 0 aliphatic carbocycles. The predicted octanol–water partition coefficient (Wildman–Crippen LogP) is 3.92. The van der Waals surface area contributed by atoms with Gasteiger partial charge in [0.15, 0.2) is 15.6 Å². The van der Waals surface area contributed by atoms with E-state index in [2.05, 4.69) is 26.2 Å². The zero-order valence-corrected chi connectivity index (χ0v) is 21.6. The lowest BCUT2D eigenvalue weighted by Gasteiger charge is -2.26. The summed E-state index contributed by atoms with van der Waals surface area (Å²) in [7, 11) is -2.03. The molecule has 0 bridgehead atoms. The van der Waals surface area contributed by atoms with Crippen LogP contribution in [0.2, 0.25) is 4.34 Å². The molecule has 0 saturated carbocycles. The number of hydrogen-bond acceptors (Lipinski definition) is 8. The van der Waals surface area contributed by atoms with Gasteiger partial charge in [0.05, 0.1) is 10.8 Å². The molecule has 1 aromatic carbocycles. The highest BCUT2D eigenvalue weighted by molar-refractivity contribution is 9.10. The number of imide groups is 1. The van der Waals surface area contributed by atoms with E-state index in [-0.39, 0.29) is 22.9 Å². The van der Waals surface area contributed by atoms with Gasteiger partial charge in [-0.25, -0.2) is 18.3 Å². The van der Waals surface area contributed by atoms with Crippen LogP contribution in [0.4, 0.5) is 11.5 Å². The number of Topliss-reactive ketones (excluding diaryl/α,β-unsaturated/α-hetero) is 1. The van der Waals surface area contributed by atoms with Crippen LogP contribution in [0.15, 0.2) is 51.3 Å². The first-order valence-electron chi connectivity index (χ1n) is 9.91. The van der Waals surface area contributed by atoms with E-state index >= 15 is 0 Å². The fourth-order valence-electron chi connectivity index (χ4n) is 3.54. The molecule has 34 heavy (non-hydrogen) atoms. The van der Waals surface area contributed by atoms with Crippen molar-refractivity contribution in [1.82, 2.24) is 4.98 Å². The van der Waals surface area contributed by atoms with Crippen molar-refractivity contribution in [3.05, 3.63) is 68.1 Å². The molecular formula is C22H17BrClN3O5S2. The Morgan fingerprint density at radius 3 is 2.62 bits per heavy atom. The third-order valence-electron chi connectivity index (χ3n) is 5.13. The van der Waals surface area contributed by atoms with Crippen molar-refractivity contribution in [1.29, 1.82) is 0 Å². The zero-order chi connectivity index (χ0) is 24.6. The number of carbonyl (C=O) groups excluding carboxylic acids is 3. The van der Waals surface area contributed by atoms with Crippen LogP contribution in [0.1, 0.15) is 21.5 Å². The predicted molar refractivity (Wildman–Crippen MR) is 134 cm³/mol. The molecule has 0 unspecified atom stereocenters. The molecule has 1 aliphatic heterocycles. The second kappa shape index (κ2) is 9.57. The van der Waals surface area contributed by atoms with Gasteiger partial charge in [0.25, 0.3) is 5.91 Å². The fourth-order valence-corrected chi connectivity index (χ4v) is 6.90. The Kier molecular flexibility index (Phi) is 6.90. The molecule has 0 radical (unpaired) electrons. The number of nitrogens with zero attached hydrogens (tertiary/aromatic N) is 2. The molecule has 2 aromatic heterocycles. The summed E-state index contributed by atoms with van der Waals surface area (Å²) in [5.74, 6) is -1.95. The molecule has 2 amide bonds. The Bertz CT molecular complexity index is 1420. The number of sulfone groups is 1. The first-order chi connectivity index (χ1) is 16.1. The summed E-state index contributed by atoms with van der Waals surface area (Å²) in [6.45, 7) is 0. The zero-order valence-electron chi connectivity index (χ0n) is 17.7. The SMILES string of the molecule is CNc1cc2c(cc1Br)C(=O)N(c1ccc(CC(=O)CS(=O)(=O)c3ccc(Cl)s3)cn1)C(=O)C2. The number of aromatic nitrogens is 1. The molecule has 0 spiro atoms. The number of halogens is 2. The largest absolute Gasteiger partial charge is 0.387 e. The molecule has 3 aromatic rings. The highest BCUT2D eigenvalue weighted by Crippen LogP contribution is 2.32. The lowest BCUT2D eigenvalue weighted by Crippen LogP contribution is -2.43. The van der Waals surface area contributed by atoms with Gasteiger partial charge in [0.1, 0.15) is 15.8 Å². The van der Waals surface area contributed by atoms with Crippen LogP contribution in [0.5, 0.6) is 0 Å². The van der Waals surface area contributed by atoms with Gasteiger partial charge in [-0.15, -0.1) is 11.3 Å². The van der Waals surface area contributed by atoms with Crippen molar-refractivity contribution >= 4 is 77.8 Å². The standard InChI is InChI=1S/C22H17BrClN3O5S2/c1-25-17-7-13-8-20(29)27(22(30)15(13)9-16(17)23)19-4-2-12(10-26-19)6-14(28)11-34(31,32)21-5-3-18(24)33-21/h2-5,7,9-10,25H,6,8,11H2,1H3. The molecule has 1 N–H and O–H groups in total. The quantitative estimate of drug-likeness (QED) is 0.420. The number of carbonyl (C=O) groups is 3. The van der Waals surface area contributed by atoms with Crippen molar-refractivity contribution in [3.63, 3.8) is 0 Å². The minimum atomic E-state index is -3.78. The minimum absolute atomic E-state index is 0.0372. The monoisotopic (exact) mass is 581 g/mol. The molecule has 0 atom stereocenters. The average Bonchev–Trinajstić information content (AvgIpc) is 3.22. The Morgan fingerprint density at radius 1 is 1.24 bits per heavy atom. The molecule has 3 heterocycles. The first kappa shape index (κ1) is 24.5. The summed E-state index contributed by atoms with van der Waals surface area (Å²) < 4.78 is 25.8. The topological polar surface area (TPSA) is 114 Å². The summed E-state index contributed by atoms with van der Waals surface area (Å²) >= 11 is 10.1. The maximum absolute atomic E-state index is 13.0. The van der Waals surface area contributed by atoms with Crippen molar-refractivity contribution < 1.29 is 22.8 Å². The van der Waals surface area contributed by atoms with E-state index in [0.29, 0.717) is 25.5 Å². The molecule has 0 fully saturated rings. The Hall–Kier alpha value is -2.60. The number of benzene rings is 1. The van der Waals surface area contributed by atoms with E-state index in [4.69, 9.17) is 11.6 Å². The van der Waals surface area contributed by atoms with Gasteiger partial charge in [-0.1, -0.05) is 17.7 Å². The number of amides is 2. The van der Waals surface area contributed by atoms with Crippen LogP contribution in [0.3, 0.4) is 0 Å². The molecule has 8 nitrogen and oxygen atoms in total. The maximum atomic E-state index is 13.0. The van der Waals surface area contributed by atoms with Gasteiger partial charge in [0.2, 0.25) is 5.91 Å². The molecule has 0 saturated heterocycles. The average molecular weight is 583 g/mol. The number of thiophene rings is 1. The van der Waals surface area contributed by atoms with Crippen LogP contribution in [0, 0.1) is 0 Å². The van der Waals surface area contributed by atoms with Crippen molar-refractivity contribution in [3.8, 4) is 0 Å². The summed E-state index contributed by atoms with van der Waals surface area (Å²) in [4.78, 5) is 43.3. The number of anilines is 2. The molecule has 1 aliphatic rings. The maximum Gasteiger partial charge on any atom is 0.266 e. The van der Waals surface area contributed by atoms with Crippen molar-refractivity contribution in [2.75, 3.05) is 23.0 Å². The molecule has 176 valence electrons. The third kappa shape index (κ3) is 4.92. The van der Waals surface area contributed by atoms with Crippen molar-refractivity contribution in [2.24, 2.45) is 0 Å². The van der Waals surface area contributed by atoms with Gasteiger partial charge >= 0.3 is 0 Å². The minimum Gasteiger partial charge on any atom is -0.387 e. The second-order valence-electron chi connectivity index (χ2n) is 7.51. The van der Waals surface area contributed by atoms with Crippen LogP contribution < -0.4 is 10.2 Å². The van der Waals surface area contributed by atoms with Gasteiger partial charge in [-0.05, 0) is 57.4 Å². The van der Waals surface area contributed by atoms with Crippen molar-refractivity contribution in [2.45, 2.75) is 17.1 Å². The first-order valence-corrected chi connectivity index (χ1v) is 13.5. The summed E-state index contributed by atoms with van der Waals surface area (Å²) in [5, 5.41) is 3.00. The summed E-state index contributed by atoms with van der Waals surface area (Å²) in [5.41, 5.74) is 2.25. The van der Waals surface area contributed by atoms with Gasteiger partial charge in [0, 0.05) is 35.4 Å². The highest BCUT2D eigenvalue weighted by atomic mass is 79.9. The van der Waals surface area contributed by atoms with E-state index in [1.165, 1.54) is 24.4 Å². The third-order valence-corrected chi connectivity index (χ3v) is 9.28. The Balaban J connectivity index is 1.49. The molecular weight excluding hydrogens is 566 g/mol. The number of rotatable bonds is 7. The number of nitrogens with one attached hydrogen (secondary N) is 1. The Labute approximate surface area is 213 Å². The van der Waals surface area contributed by atoms with E-state index in [0.717, 1.165) is 21.9 Å². The number of hydrogen-bond donors (Lipinski definition) is 1. The van der Waals surface area contributed by atoms with Crippen LogP contribution >= 0.6 is 38.9 Å². The highest BCUT2D eigenvalue weighted by Gasteiger charge is 2.33. The fraction of sp³-hybridized carbons (Fsp3) is 0.182. The van der Waals surface area contributed by atoms with E-state index in [1.54, 1.807) is 25.2 Å². The smallest absolute Gasteiger partial charge is 0.266 e. The number of ketones is 1. The van der Waals surface area contributed by atoms with Crippen LogP contribution in [-0.4, -0.2) is 43.8 Å². The van der Waals surface area contributed by atoms with E-state index in [9.17, 15) is 22.8 Å². The summed E-state index contributed by atoms with van der Waals surface area (Å²) in [6.07, 6.45) is 1.24. The second-order valence-corrected chi connectivity index (χ2v) is 12.3. The van der Waals surface area contributed by atoms with Gasteiger partial charge in [-0.3, -0.25) is 14.4 Å². The van der Waals surface area contributed by atoms with Gasteiger partial charge in [-0.2, -0.15) is 0 Å².